The van der Waals surface area contributed by atoms with Crippen LogP contribution in [0.5, 0.6) is 0 Å². The zero-order chi connectivity index (χ0) is 43.0. The molecule has 13 nitrogen and oxygen atoms in total. The first-order chi connectivity index (χ1) is 27.8. The number of aliphatic hydroxyl groups excluding tert-OH is 7. The van der Waals surface area contributed by atoms with Crippen molar-refractivity contribution < 1.29 is 59.0 Å². The summed E-state index contributed by atoms with van der Waals surface area (Å²) in [6.45, 7) is 3.68. The zero-order valence-electron chi connectivity index (χ0n) is 35.7. The Kier molecular flexibility index (Phi) is 32.1. The molecule has 14 heteroatoms. The molecule has 0 aromatic rings. The third-order valence-electron chi connectivity index (χ3n) is 10.7. The van der Waals surface area contributed by atoms with Crippen molar-refractivity contribution in [3.05, 3.63) is 36.5 Å². The molecule has 1 aliphatic rings. The molecule has 1 saturated carbocycles. The predicted octanol–water partition coefficient (Wildman–Crippen LogP) is 6.97. The fourth-order valence-corrected chi connectivity index (χ4v) is 7.94. The van der Waals surface area contributed by atoms with Crippen LogP contribution >= 0.6 is 7.82 Å². The highest BCUT2D eigenvalue weighted by Gasteiger charge is 2.51. The van der Waals surface area contributed by atoms with Crippen LogP contribution in [-0.4, -0.2) is 108 Å². The number of nitrogens with one attached hydrogen (secondary N) is 1. The van der Waals surface area contributed by atoms with Gasteiger partial charge in [-0.3, -0.25) is 13.8 Å². The minimum Gasteiger partial charge on any atom is -0.393 e. The van der Waals surface area contributed by atoms with Gasteiger partial charge in [0.2, 0.25) is 5.91 Å². The number of phosphoric acid groups is 1. The quantitative estimate of drug-likeness (QED) is 0.0177. The third-order valence-corrected chi connectivity index (χ3v) is 11.7. The Morgan fingerprint density at radius 2 is 1.02 bits per heavy atom. The molecule has 340 valence electrons. The van der Waals surface area contributed by atoms with Crippen LogP contribution in [0.4, 0.5) is 0 Å². The van der Waals surface area contributed by atoms with Gasteiger partial charge in [-0.25, -0.2) is 4.57 Å². The van der Waals surface area contributed by atoms with Crippen LogP contribution in [0.2, 0.25) is 0 Å². The number of rotatable bonds is 36. The molecule has 0 bridgehead atoms. The first-order valence-corrected chi connectivity index (χ1v) is 24.0. The highest BCUT2D eigenvalue weighted by Crippen LogP contribution is 2.47. The molecule has 0 radical (unpaired) electrons. The summed E-state index contributed by atoms with van der Waals surface area (Å²) in [5.74, 6) is -0.610. The Balaban J connectivity index is 2.60. The Labute approximate surface area is 349 Å². The molecule has 0 saturated heterocycles. The molecule has 0 aliphatic heterocycles. The van der Waals surface area contributed by atoms with Gasteiger partial charge in [-0.1, -0.05) is 159 Å². The van der Waals surface area contributed by atoms with E-state index in [0.717, 1.165) is 44.9 Å². The molecular weight excluding hydrogens is 765 g/mol. The van der Waals surface area contributed by atoms with Crippen molar-refractivity contribution in [3.8, 4) is 0 Å². The van der Waals surface area contributed by atoms with Crippen LogP contribution in [0.15, 0.2) is 36.5 Å². The van der Waals surface area contributed by atoms with Gasteiger partial charge in [0.25, 0.3) is 0 Å². The number of phosphoric ester groups is 1. The molecule has 8 unspecified atom stereocenters. The maximum absolute atomic E-state index is 12.9. The van der Waals surface area contributed by atoms with E-state index in [1.807, 2.05) is 0 Å². The minimum absolute atomic E-state index is 0.255. The summed E-state index contributed by atoms with van der Waals surface area (Å²) >= 11 is 0. The number of allylic oxidation sites excluding steroid dienone is 5. The van der Waals surface area contributed by atoms with E-state index in [-0.39, 0.29) is 6.42 Å². The van der Waals surface area contributed by atoms with Gasteiger partial charge in [-0.2, -0.15) is 0 Å². The van der Waals surface area contributed by atoms with E-state index in [1.165, 1.54) is 96.0 Å². The maximum atomic E-state index is 12.9. The highest BCUT2D eigenvalue weighted by molar-refractivity contribution is 7.47. The first kappa shape index (κ1) is 54.5. The van der Waals surface area contributed by atoms with E-state index >= 15 is 0 Å². The topological polar surface area (TPSA) is 226 Å². The van der Waals surface area contributed by atoms with Crippen LogP contribution in [0.25, 0.3) is 0 Å². The second-order valence-corrected chi connectivity index (χ2v) is 17.5. The van der Waals surface area contributed by atoms with Crippen molar-refractivity contribution in [1.29, 1.82) is 0 Å². The van der Waals surface area contributed by atoms with Gasteiger partial charge in [-0.15, -0.1) is 0 Å². The second-order valence-electron chi connectivity index (χ2n) is 16.1. The van der Waals surface area contributed by atoms with E-state index in [9.17, 15) is 50.0 Å². The minimum atomic E-state index is -5.15. The van der Waals surface area contributed by atoms with E-state index in [0.29, 0.717) is 19.3 Å². The fourth-order valence-electron chi connectivity index (χ4n) is 6.98. The van der Waals surface area contributed by atoms with Crippen LogP contribution in [0.1, 0.15) is 174 Å². The zero-order valence-corrected chi connectivity index (χ0v) is 36.6. The molecule has 1 aliphatic carbocycles. The standard InChI is InChI=1S/C44H82NO12P/c1-3-5-7-9-11-13-14-15-16-17-18-19-20-21-22-24-26-28-30-32-37(47)36(45-38(48)33-35(46)31-29-27-25-23-12-10-8-6-4-2)34-56-58(54,55)57-44-42(52)40(50)39(49)41(51)43(44)53/h18-19,22,24,30,32,35-37,39-44,46-47,49-53H,3-17,20-21,23,25-29,31,33-34H2,1-2H3,(H,45,48)(H,54,55)/b19-18+,24-22+,32-30+. The lowest BCUT2D eigenvalue weighted by atomic mass is 9.85. The summed E-state index contributed by atoms with van der Waals surface area (Å²) in [6.07, 6.45) is 24.0. The van der Waals surface area contributed by atoms with Crippen molar-refractivity contribution >= 4 is 13.7 Å². The lowest BCUT2D eigenvalue weighted by Crippen LogP contribution is -2.64. The van der Waals surface area contributed by atoms with Gasteiger partial charge >= 0.3 is 7.82 Å². The van der Waals surface area contributed by atoms with Gasteiger partial charge in [0.15, 0.2) is 0 Å². The highest BCUT2D eigenvalue weighted by atomic mass is 31.2. The number of hydrogen-bond donors (Lipinski definition) is 9. The molecule has 1 fully saturated rings. The summed E-state index contributed by atoms with van der Waals surface area (Å²) in [6, 6.07) is -1.26. The molecule has 0 aromatic carbocycles. The maximum Gasteiger partial charge on any atom is 0.472 e. The van der Waals surface area contributed by atoms with Crippen LogP contribution in [0, 0.1) is 0 Å². The Hall–Kier alpha value is -1.48. The predicted molar refractivity (Wildman–Crippen MR) is 229 cm³/mol. The fraction of sp³-hybridized carbons (Fsp3) is 0.841. The number of carbonyl (C=O) groups excluding carboxylic acids is 1. The van der Waals surface area contributed by atoms with Crippen molar-refractivity contribution in [2.75, 3.05) is 6.61 Å². The van der Waals surface area contributed by atoms with Crippen LogP contribution < -0.4 is 5.32 Å². The monoisotopic (exact) mass is 848 g/mol. The van der Waals surface area contributed by atoms with Gasteiger partial charge in [0, 0.05) is 0 Å². The Morgan fingerprint density at radius 3 is 1.52 bits per heavy atom. The smallest absolute Gasteiger partial charge is 0.393 e. The summed E-state index contributed by atoms with van der Waals surface area (Å²) in [7, 11) is -5.15. The summed E-state index contributed by atoms with van der Waals surface area (Å²) in [5.41, 5.74) is 0. The van der Waals surface area contributed by atoms with E-state index < -0.39 is 75.2 Å². The van der Waals surface area contributed by atoms with Crippen molar-refractivity contribution in [3.63, 3.8) is 0 Å². The average Bonchev–Trinajstić information content (AvgIpc) is 3.19. The van der Waals surface area contributed by atoms with Crippen molar-refractivity contribution in [2.45, 2.75) is 229 Å². The first-order valence-electron chi connectivity index (χ1n) is 22.5. The molecule has 0 aromatic heterocycles. The normalized spacial score (nSPS) is 24.1. The van der Waals surface area contributed by atoms with Gasteiger partial charge < -0.3 is 46.0 Å². The molecular formula is C44H82NO12P. The number of amides is 1. The van der Waals surface area contributed by atoms with Crippen molar-refractivity contribution in [1.82, 2.24) is 5.32 Å². The molecule has 0 spiro atoms. The molecule has 1 rings (SSSR count). The van der Waals surface area contributed by atoms with E-state index in [2.05, 4.69) is 43.5 Å². The molecule has 58 heavy (non-hydrogen) atoms. The van der Waals surface area contributed by atoms with Crippen LogP contribution in [-0.2, 0) is 18.4 Å². The van der Waals surface area contributed by atoms with Crippen molar-refractivity contribution in [2.24, 2.45) is 0 Å². The van der Waals surface area contributed by atoms with E-state index in [1.54, 1.807) is 6.08 Å². The van der Waals surface area contributed by atoms with Gasteiger partial charge in [-0.05, 0) is 44.9 Å². The lowest BCUT2D eigenvalue weighted by molar-refractivity contribution is -0.220. The molecule has 8 atom stereocenters. The van der Waals surface area contributed by atoms with E-state index in [4.69, 9.17) is 9.05 Å². The number of unbranched alkanes of at least 4 members (excludes halogenated alkanes) is 19. The summed E-state index contributed by atoms with van der Waals surface area (Å²) in [5, 5.41) is 74.2. The lowest BCUT2D eigenvalue weighted by Gasteiger charge is -2.41. The van der Waals surface area contributed by atoms with Crippen LogP contribution in [0.3, 0.4) is 0 Å². The summed E-state index contributed by atoms with van der Waals surface area (Å²) < 4.78 is 22.8. The van der Waals surface area contributed by atoms with Gasteiger partial charge in [0.05, 0.1) is 31.3 Å². The third kappa shape index (κ3) is 26.0. The second kappa shape index (κ2) is 34.1. The Morgan fingerprint density at radius 1 is 0.603 bits per heavy atom. The number of hydrogen-bond acceptors (Lipinski definition) is 11. The molecule has 9 N–H and O–H groups in total. The number of aliphatic hydroxyl groups is 7. The largest absolute Gasteiger partial charge is 0.472 e. The summed E-state index contributed by atoms with van der Waals surface area (Å²) in [4.78, 5) is 23.3. The molecule has 0 heterocycles. The molecule has 1 amide bonds. The SMILES string of the molecule is CCCCCCCCCCC/C=C/CC/C=C/CC/C=C/C(O)C(COP(=O)(O)OC1C(O)C(O)C(O)C(O)C1O)NC(=O)CC(O)CCCCCCCCCCC. The van der Waals surface area contributed by atoms with Gasteiger partial charge in [0.1, 0.15) is 36.6 Å². The number of carbonyl (C=O) groups is 1. The average molecular weight is 848 g/mol. The Bertz CT molecular complexity index is 1140.